The Balaban J connectivity index is 1.40. The van der Waals surface area contributed by atoms with E-state index in [1.807, 2.05) is 35.0 Å². The molecular formula is C21H18N4O4S2. The second-order valence-corrected chi connectivity index (χ2v) is 9.35. The third kappa shape index (κ3) is 3.28. The number of rotatable bonds is 5. The predicted molar refractivity (Wildman–Crippen MR) is 116 cm³/mol. The van der Waals surface area contributed by atoms with Crippen molar-refractivity contribution in [1.29, 1.82) is 0 Å². The van der Waals surface area contributed by atoms with E-state index in [1.54, 1.807) is 41.7 Å². The maximum Gasteiger partial charge on any atom is 0.325 e. The summed E-state index contributed by atoms with van der Waals surface area (Å²) in [6, 6.07) is 10.2. The van der Waals surface area contributed by atoms with Crippen LogP contribution in [-0.2, 0) is 15.1 Å². The van der Waals surface area contributed by atoms with Crippen LogP contribution in [0.5, 0.6) is 0 Å². The van der Waals surface area contributed by atoms with Gasteiger partial charge in [-0.1, -0.05) is 12.1 Å². The number of carbonyl (C=O) groups excluding carboxylic acids is 3. The molecule has 0 spiro atoms. The van der Waals surface area contributed by atoms with Crippen molar-refractivity contribution < 1.29 is 18.8 Å². The van der Waals surface area contributed by atoms with Crippen LogP contribution in [0.4, 0.5) is 4.79 Å². The van der Waals surface area contributed by atoms with Crippen LogP contribution in [0.2, 0.25) is 0 Å². The summed E-state index contributed by atoms with van der Waals surface area (Å²) in [5.41, 5.74) is -0.524. The van der Waals surface area contributed by atoms with Crippen molar-refractivity contribution in [2.45, 2.75) is 24.9 Å². The quantitative estimate of drug-likeness (QED) is 0.597. The van der Waals surface area contributed by atoms with E-state index in [2.05, 4.69) is 10.4 Å². The third-order valence-electron chi connectivity index (χ3n) is 5.43. The largest absolute Gasteiger partial charge is 0.466 e. The zero-order valence-corrected chi connectivity index (χ0v) is 18.1. The van der Waals surface area contributed by atoms with Gasteiger partial charge in [0, 0.05) is 11.3 Å². The first-order valence-electron chi connectivity index (χ1n) is 9.62. The highest BCUT2D eigenvalue weighted by Gasteiger charge is 2.52. The lowest BCUT2D eigenvalue weighted by Gasteiger charge is -2.23. The van der Waals surface area contributed by atoms with E-state index in [4.69, 9.17) is 4.42 Å². The number of imide groups is 1. The third-order valence-corrected chi connectivity index (χ3v) is 7.32. The van der Waals surface area contributed by atoms with E-state index in [-0.39, 0.29) is 6.04 Å². The molecule has 0 unspecified atom stereocenters. The molecule has 10 heteroatoms. The normalized spacial score (nSPS) is 23.4. The summed E-state index contributed by atoms with van der Waals surface area (Å²) in [5, 5.41) is 12.5. The van der Waals surface area contributed by atoms with Crippen molar-refractivity contribution in [3.05, 3.63) is 68.9 Å². The molecule has 0 bridgehead atoms. The highest BCUT2D eigenvalue weighted by Crippen LogP contribution is 2.36. The molecule has 0 aromatic carbocycles. The molecule has 2 aliphatic heterocycles. The Kier molecular flexibility index (Phi) is 4.75. The predicted octanol–water partition coefficient (Wildman–Crippen LogP) is 3.55. The smallest absolute Gasteiger partial charge is 0.325 e. The van der Waals surface area contributed by atoms with Gasteiger partial charge in [0.15, 0.2) is 5.54 Å². The van der Waals surface area contributed by atoms with Crippen LogP contribution in [0.3, 0.4) is 0 Å². The van der Waals surface area contributed by atoms with Gasteiger partial charge in [-0.25, -0.2) is 9.80 Å². The molecule has 1 N–H and O–H groups in total. The zero-order chi connectivity index (χ0) is 21.6. The number of urea groups is 1. The number of amides is 4. The number of furan rings is 1. The van der Waals surface area contributed by atoms with Gasteiger partial charge >= 0.3 is 6.03 Å². The minimum atomic E-state index is -1.34. The molecule has 5 rings (SSSR count). The molecule has 3 aromatic heterocycles. The summed E-state index contributed by atoms with van der Waals surface area (Å²) in [5.74, 6) is -0.635. The summed E-state index contributed by atoms with van der Waals surface area (Å²) in [4.78, 5) is 41.7. The summed E-state index contributed by atoms with van der Waals surface area (Å²) in [6.45, 7) is 1.16. The molecule has 1 fully saturated rings. The topological polar surface area (TPSA) is 95.2 Å². The van der Waals surface area contributed by atoms with Crippen molar-refractivity contribution in [3.8, 4) is 0 Å². The summed E-state index contributed by atoms with van der Waals surface area (Å²) in [6.07, 6.45) is 2.02. The molecule has 2 aliphatic rings. The molecule has 0 radical (unpaired) electrons. The molecule has 0 aliphatic carbocycles. The highest BCUT2D eigenvalue weighted by atomic mass is 32.1. The van der Waals surface area contributed by atoms with Gasteiger partial charge in [-0.3, -0.25) is 14.5 Å². The molecule has 4 amide bonds. The van der Waals surface area contributed by atoms with Gasteiger partial charge in [-0.2, -0.15) is 5.10 Å². The fourth-order valence-electron chi connectivity index (χ4n) is 3.81. The molecular weight excluding hydrogens is 436 g/mol. The second-order valence-electron chi connectivity index (χ2n) is 7.42. The lowest BCUT2D eigenvalue weighted by molar-refractivity contribution is -0.140. The minimum Gasteiger partial charge on any atom is -0.466 e. The van der Waals surface area contributed by atoms with Crippen LogP contribution >= 0.6 is 22.7 Å². The Morgan fingerprint density at radius 1 is 1.23 bits per heavy atom. The first-order chi connectivity index (χ1) is 15.0. The van der Waals surface area contributed by atoms with Crippen molar-refractivity contribution in [2.24, 2.45) is 5.10 Å². The summed E-state index contributed by atoms with van der Waals surface area (Å²) in [7, 11) is 0. The van der Waals surface area contributed by atoms with Crippen molar-refractivity contribution in [3.63, 3.8) is 0 Å². The van der Waals surface area contributed by atoms with Crippen LogP contribution in [0, 0.1) is 0 Å². The average Bonchev–Trinajstić information content (AvgIpc) is 3.57. The molecule has 0 saturated carbocycles. The van der Waals surface area contributed by atoms with Gasteiger partial charge in [0.05, 0.1) is 22.9 Å². The number of nitrogens with zero attached hydrogens (tertiary/aromatic N) is 3. The maximum absolute atomic E-state index is 13.2. The van der Waals surface area contributed by atoms with Gasteiger partial charge in [0.2, 0.25) is 0 Å². The number of hydrogen-bond acceptors (Lipinski definition) is 7. The van der Waals surface area contributed by atoms with E-state index >= 15 is 0 Å². The first-order valence-corrected chi connectivity index (χ1v) is 11.4. The lowest BCUT2D eigenvalue weighted by Crippen LogP contribution is -2.43. The maximum atomic E-state index is 13.2. The van der Waals surface area contributed by atoms with Gasteiger partial charge in [-0.15, -0.1) is 22.7 Å². The van der Waals surface area contributed by atoms with E-state index < -0.39 is 29.9 Å². The second kappa shape index (κ2) is 7.47. The Morgan fingerprint density at radius 2 is 2.03 bits per heavy atom. The molecule has 3 aromatic rings. The molecule has 5 heterocycles. The van der Waals surface area contributed by atoms with Crippen LogP contribution in [0.15, 0.2) is 62.9 Å². The standard InChI is InChI=1S/C21H18N4O4S2/c1-21(17-7-2-8-29-17)19(27)24(20(28)22-21)12-18(26)25-14(16-6-4-10-31-16)11-13(23-25)15-5-3-9-30-15/h2-10,14H,11-12H2,1H3,(H,22,28)/t14-,21+/m0/s1. The van der Waals surface area contributed by atoms with Gasteiger partial charge in [-0.05, 0) is 41.9 Å². The van der Waals surface area contributed by atoms with E-state index in [0.717, 1.165) is 20.4 Å². The molecule has 1 saturated heterocycles. The van der Waals surface area contributed by atoms with E-state index in [1.165, 1.54) is 11.3 Å². The first kappa shape index (κ1) is 19.7. The van der Waals surface area contributed by atoms with Crippen molar-refractivity contribution >= 4 is 46.2 Å². The van der Waals surface area contributed by atoms with Gasteiger partial charge in [0.1, 0.15) is 12.3 Å². The van der Waals surface area contributed by atoms with Crippen molar-refractivity contribution in [2.75, 3.05) is 6.54 Å². The minimum absolute atomic E-state index is 0.262. The number of hydrogen-bond donors (Lipinski definition) is 1. The Bertz CT molecular complexity index is 1150. The summed E-state index contributed by atoms with van der Waals surface area (Å²) < 4.78 is 5.34. The monoisotopic (exact) mass is 454 g/mol. The zero-order valence-electron chi connectivity index (χ0n) is 16.5. The average molecular weight is 455 g/mol. The Morgan fingerprint density at radius 3 is 2.71 bits per heavy atom. The van der Waals surface area contributed by atoms with Crippen LogP contribution in [-0.4, -0.2) is 40.0 Å². The number of hydrazone groups is 1. The SMILES string of the molecule is C[C@]1(c2ccco2)NC(=O)N(CC(=O)N2N=C(c3cccs3)C[C@H]2c2cccs2)C1=O. The number of carbonyl (C=O) groups is 3. The van der Waals surface area contributed by atoms with Crippen molar-refractivity contribution in [1.82, 2.24) is 15.2 Å². The summed E-state index contributed by atoms with van der Waals surface area (Å²) >= 11 is 3.11. The lowest BCUT2D eigenvalue weighted by atomic mass is 9.99. The molecule has 31 heavy (non-hydrogen) atoms. The number of thiophene rings is 2. The highest BCUT2D eigenvalue weighted by molar-refractivity contribution is 7.12. The van der Waals surface area contributed by atoms with Crippen LogP contribution in [0.25, 0.3) is 0 Å². The van der Waals surface area contributed by atoms with Crippen LogP contribution < -0.4 is 5.32 Å². The molecule has 8 nitrogen and oxygen atoms in total. The fraction of sp³-hybridized carbons (Fsp3) is 0.238. The Labute approximate surface area is 185 Å². The molecule has 158 valence electrons. The van der Waals surface area contributed by atoms with Gasteiger partial charge < -0.3 is 9.73 Å². The Hall–Kier alpha value is -3.24. The number of nitrogens with one attached hydrogen (secondary N) is 1. The van der Waals surface area contributed by atoms with E-state index in [9.17, 15) is 14.4 Å². The fourth-order valence-corrected chi connectivity index (χ4v) is 5.35. The molecule has 2 atom stereocenters. The van der Waals surface area contributed by atoms with E-state index in [0.29, 0.717) is 12.2 Å². The van der Waals surface area contributed by atoms with Crippen LogP contribution in [0.1, 0.15) is 34.9 Å². The van der Waals surface area contributed by atoms with Gasteiger partial charge in [0.25, 0.3) is 11.8 Å².